The summed E-state index contributed by atoms with van der Waals surface area (Å²) in [5.74, 6) is -0.331. The molecule has 1 rings (SSSR count). The van der Waals surface area contributed by atoms with Crippen LogP contribution in [0.25, 0.3) is 0 Å². The normalized spacial score (nSPS) is 12.0. The highest BCUT2D eigenvalue weighted by molar-refractivity contribution is 5.96. The molecule has 0 radical (unpaired) electrons. The molecule has 1 atom stereocenters. The van der Waals surface area contributed by atoms with E-state index in [1.165, 1.54) is 0 Å². The zero-order valence-corrected chi connectivity index (χ0v) is 12.1. The molecule has 20 heavy (non-hydrogen) atoms. The predicted molar refractivity (Wildman–Crippen MR) is 79.0 cm³/mol. The molecule has 0 aliphatic heterocycles. The standard InChI is InChI=1S/C14H22N4O2/c1-4-16-14(20)17-13(19)10(2)18(3)9-11-6-5-7-12(15)8-11/h5-8,10H,4,9,15H2,1-3H3,(H2,16,17,19,20). The van der Waals surface area contributed by atoms with Gasteiger partial charge in [-0.05, 0) is 38.6 Å². The molecule has 0 heterocycles. The van der Waals surface area contributed by atoms with Gasteiger partial charge in [0, 0.05) is 18.8 Å². The Morgan fingerprint density at radius 2 is 2.10 bits per heavy atom. The van der Waals surface area contributed by atoms with Crippen LogP contribution in [0.3, 0.4) is 0 Å². The summed E-state index contributed by atoms with van der Waals surface area (Å²) in [4.78, 5) is 25.0. The van der Waals surface area contributed by atoms with Crippen molar-refractivity contribution in [1.29, 1.82) is 0 Å². The lowest BCUT2D eigenvalue weighted by Gasteiger charge is -2.23. The van der Waals surface area contributed by atoms with Gasteiger partial charge in [-0.15, -0.1) is 0 Å². The van der Waals surface area contributed by atoms with E-state index in [1.54, 1.807) is 13.8 Å². The van der Waals surface area contributed by atoms with E-state index < -0.39 is 12.1 Å². The lowest BCUT2D eigenvalue weighted by molar-refractivity contribution is -0.124. The first-order valence-corrected chi connectivity index (χ1v) is 6.57. The smallest absolute Gasteiger partial charge is 0.321 e. The minimum atomic E-state index is -0.471. The molecular formula is C14H22N4O2. The number of anilines is 1. The van der Waals surface area contributed by atoms with Crippen molar-refractivity contribution in [2.24, 2.45) is 0 Å². The van der Waals surface area contributed by atoms with E-state index in [0.29, 0.717) is 18.8 Å². The van der Waals surface area contributed by atoms with Crippen molar-refractivity contribution in [3.8, 4) is 0 Å². The molecule has 0 bridgehead atoms. The molecule has 0 aliphatic rings. The van der Waals surface area contributed by atoms with Gasteiger partial charge in [0.25, 0.3) is 0 Å². The first-order valence-electron chi connectivity index (χ1n) is 6.57. The summed E-state index contributed by atoms with van der Waals surface area (Å²) in [7, 11) is 1.82. The van der Waals surface area contributed by atoms with Crippen LogP contribution < -0.4 is 16.4 Å². The second kappa shape index (κ2) is 7.49. The summed E-state index contributed by atoms with van der Waals surface area (Å²) in [5.41, 5.74) is 7.43. The largest absolute Gasteiger partial charge is 0.399 e. The molecule has 0 aliphatic carbocycles. The van der Waals surface area contributed by atoms with E-state index in [-0.39, 0.29) is 5.91 Å². The highest BCUT2D eigenvalue weighted by Gasteiger charge is 2.19. The Morgan fingerprint density at radius 1 is 1.40 bits per heavy atom. The molecule has 3 amide bonds. The van der Waals surface area contributed by atoms with Gasteiger partial charge in [0.1, 0.15) is 0 Å². The number of benzene rings is 1. The number of urea groups is 1. The molecule has 0 aromatic heterocycles. The monoisotopic (exact) mass is 278 g/mol. The van der Waals surface area contributed by atoms with Crippen LogP contribution in [-0.2, 0) is 11.3 Å². The Hall–Kier alpha value is -2.08. The van der Waals surface area contributed by atoms with Crippen molar-refractivity contribution in [3.63, 3.8) is 0 Å². The predicted octanol–water partition coefficient (Wildman–Crippen LogP) is 0.935. The van der Waals surface area contributed by atoms with Gasteiger partial charge in [-0.1, -0.05) is 12.1 Å². The fourth-order valence-corrected chi connectivity index (χ4v) is 1.74. The number of imide groups is 1. The van der Waals surface area contributed by atoms with Crippen LogP contribution in [0.5, 0.6) is 0 Å². The fourth-order valence-electron chi connectivity index (χ4n) is 1.74. The molecule has 6 nitrogen and oxygen atoms in total. The molecule has 0 fully saturated rings. The summed E-state index contributed by atoms with van der Waals surface area (Å²) >= 11 is 0. The molecule has 6 heteroatoms. The Labute approximate surface area is 119 Å². The summed E-state index contributed by atoms with van der Waals surface area (Å²) in [6.07, 6.45) is 0. The van der Waals surface area contributed by atoms with Crippen molar-refractivity contribution >= 4 is 17.6 Å². The van der Waals surface area contributed by atoms with E-state index >= 15 is 0 Å². The fraction of sp³-hybridized carbons (Fsp3) is 0.429. The van der Waals surface area contributed by atoms with E-state index in [4.69, 9.17) is 5.73 Å². The highest BCUT2D eigenvalue weighted by atomic mass is 16.2. The Morgan fingerprint density at radius 3 is 2.70 bits per heavy atom. The third kappa shape index (κ3) is 4.89. The van der Waals surface area contributed by atoms with Crippen molar-refractivity contribution in [1.82, 2.24) is 15.5 Å². The Balaban J connectivity index is 2.55. The molecule has 110 valence electrons. The van der Waals surface area contributed by atoms with Crippen LogP contribution in [-0.4, -0.2) is 36.5 Å². The van der Waals surface area contributed by atoms with Crippen LogP contribution >= 0.6 is 0 Å². The first-order chi connectivity index (χ1) is 9.43. The van der Waals surface area contributed by atoms with Crippen LogP contribution in [0.2, 0.25) is 0 Å². The second-order valence-electron chi connectivity index (χ2n) is 4.68. The maximum Gasteiger partial charge on any atom is 0.321 e. The summed E-state index contributed by atoms with van der Waals surface area (Å²) in [5, 5.41) is 4.82. The molecule has 0 saturated heterocycles. The molecule has 4 N–H and O–H groups in total. The lowest BCUT2D eigenvalue weighted by Crippen LogP contribution is -2.48. The molecular weight excluding hydrogens is 256 g/mol. The van der Waals surface area contributed by atoms with Gasteiger partial charge in [-0.2, -0.15) is 0 Å². The number of nitrogen functional groups attached to an aromatic ring is 1. The van der Waals surface area contributed by atoms with Crippen molar-refractivity contribution in [2.75, 3.05) is 19.3 Å². The maximum atomic E-state index is 11.9. The Kier molecular flexibility index (Phi) is 5.99. The maximum absolute atomic E-state index is 11.9. The van der Waals surface area contributed by atoms with Crippen molar-refractivity contribution < 1.29 is 9.59 Å². The number of carbonyl (C=O) groups is 2. The van der Waals surface area contributed by atoms with E-state index in [1.807, 2.05) is 36.2 Å². The highest BCUT2D eigenvalue weighted by Crippen LogP contribution is 2.10. The molecule has 0 spiro atoms. The van der Waals surface area contributed by atoms with E-state index in [2.05, 4.69) is 10.6 Å². The van der Waals surface area contributed by atoms with E-state index in [0.717, 1.165) is 5.56 Å². The van der Waals surface area contributed by atoms with Crippen molar-refractivity contribution in [2.45, 2.75) is 26.4 Å². The summed E-state index contributed by atoms with van der Waals surface area (Å²) < 4.78 is 0. The minimum absolute atomic E-state index is 0.331. The van der Waals surface area contributed by atoms with Crippen LogP contribution in [0.15, 0.2) is 24.3 Å². The summed E-state index contributed by atoms with van der Waals surface area (Å²) in [6.45, 7) is 4.60. The number of likely N-dealkylation sites (N-methyl/N-ethyl adjacent to an activating group) is 1. The first kappa shape index (κ1) is 16.0. The average Bonchev–Trinajstić information content (AvgIpc) is 2.37. The third-order valence-electron chi connectivity index (χ3n) is 3.00. The quantitative estimate of drug-likeness (QED) is 0.699. The van der Waals surface area contributed by atoms with Gasteiger partial charge in [0.15, 0.2) is 0 Å². The number of hydrogen-bond donors (Lipinski definition) is 3. The molecule has 1 aromatic rings. The summed E-state index contributed by atoms with van der Waals surface area (Å²) in [6, 6.07) is 6.61. The zero-order valence-electron chi connectivity index (χ0n) is 12.1. The van der Waals surface area contributed by atoms with Gasteiger partial charge in [-0.25, -0.2) is 4.79 Å². The minimum Gasteiger partial charge on any atom is -0.399 e. The number of rotatable bonds is 5. The molecule has 0 saturated carbocycles. The SMILES string of the molecule is CCNC(=O)NC(=O)C(C)N(C)Cc1cccc(N)c1. The van der Waals surface area contributed by atoms with Crippen LogP contribution in [0.4, 0.5) is 10.5 Å². The van der Waals surface area contributed by atoms with Crippen LogP contribution in [0.1, 0.15) is 19.4 Å². The Bertz CT molecular complexity index is 476. The van der Waals surface area contributed by atoms with Gasteiger partial charge >= 0.3 is 6.03 Å². The van der Waals surface area contributed by atoms with Gasteiger partial charge in [0.05, 0.1) is 6.04 Å². The van der Waals surface area contributed by atoms with Gasteiger partial charge in [-0.3, -0.25) is 15.0 Å². The number of nitrogens with zero attached hydrogens (tertiary/aromatic N) is 1. The number of carbonyl (C=O) groups excluding carboxylic acids is 2. The van der Waals surface area contributed by atoms with Crippen LogP contribution in [0, 0.1) is 0 Å². The topological polar surface area (TPSA) is 87.5 Å². The molecule has 1 aromatic carbocycles. The zero-order chi connectivity index (χ0) is 15.1. The van der Waals surface area contributed by atoms with Gasteiger partial charge < -0.3 is 11.1 Å². The second-order valence-corrected chi connectivity index (χ2v) is 4.68. The number of nitrogens with two attached hydrogens (primary N) is 1. The number of nitrogens with one attached hydrogen (secondary N) is 2. The van der Waals surface area contributed by atoms with Gasteiger partial charge in [0.2, 0.25) is 5.91 Å². The number of hydrogen-bond acceptors (Lipinski definition) is 4. The third-order valence-corrected chi connectivity index (χ3v) is 3.00. The molecule has 1 unspecified atom stereocenters. The van der Waals surface area contributed by atoms with E-state index in [9.17, 15) is 9.59 Å². The average molecular weight is 278 g/mol. The number of amides is 3. The lowest BCUT2D eigenvalue weighted by atomic mass is 10.1. The van der Waals surface area contributed by atoms with Crippen molar-refractivity contribution in [3.05, 3.63) is 29.8 Å².